The van der Waals surface area contributed by atoms with Crippen molar-refractivity contribution in [3.8, 4) is 11.3 Å². The molecule has 6 heteroatoms. The number of nitrogens with zero attached hydrogens (tertiary/aromatic N) is 2. The number of amides is 1. The zero-order valence-corrected chi connectivity index (χ0v) is 18.2. The van der Waals surface area contributed by atoms with Crippen LogP contribution in [0.4, 0.5) is 5.69 Å². The van der Waals surface area contributed by atoms with Gasteiger partial charge in [0.2, 0.25) is 5.91 Å². The predicted molar refractivity (Wildman–Crippen MR) is 123 cm³/mol. The van der Waals surface area contributed by atoms with Crippen LogP contribution in [0, 0.1) is 0 Å². The van der Waals surface area contributed by atoms with Crippen molar-refractivity contribution in [1.29, 1.82) is 0 Å². The first kappa shape index (κ1) is 21.7. The van der Waals surface area contributed by atoms with E-state index >= 15 is 0 Å². The number of aromatic amines is 1. The second kappa shape index (κ2) is 9.22. The summed E-state index contributed by atoms with van der Waals surface area (Å²) in [6.45, 7) is 7.53. The molecule has 0 saturated heterocycles. The number of unbranched alkanes of at least 4 members (excludes halogenated alkanes) is 1. The van der Waals surface area contributed by atoms with Crippen LogP contribution in [0.25, 0.3) is 22.0 Å². The highest BCUT2D eigenvalue weighted by Gasteiger charge is 2.16. The fourth-order valence-corrected chi connectivity index (χ4v) is 3.27. The topological polar surface area (TPSA) is 78.1 Å². The highest BCUT2D eigenvalue weighted by atomic mass is 16.1. The Hall–Kier alpha value is -2.99. The molecule has 0 atom stereocenters. The lowest BCUT2D eigenvalue weighted by atomic mass is 10.0. The summed E-state index contributed by atoms with van der Waals surface area (Å²) in [5, 5.41) is 11.2. The van der Waals surface area contributed by atoms with Gasteiger partial charge in [-0.15, -0.1) is 0 Å². The summed E-state index contributed by atoms with van der Waals surface area (Å²) in [5.74, 6) is 0.00449. The molecular formula is C24H30N4O2. The van der Waals surface area contributed by atoms with Crippen LogP contribution in [-0.2, 0) is 4.79 Å². The largest absolute Gasteiger partial charge is 0.326 e. The van der Waals surface area contributed by atoms with Gasteiger partial charge in [0.15, 0.2) is 0 Å². The number of hydrogen-bond acceptors (Lipinski definition) is 4. The van der Waals surface area contributed by atoms with Gasteiger partial charge in [-0.1, -0.05) is 30.3 Å². The molecule has 0 fully saturated rings. The van der Waals surface area contributed by atoms with E-state index in [2.05, 4.69) is 48.2 Å². The van der Waals surface area contributed by atoms with Crippen LogP contribution in [-0.4, -0.2) is 40.1 Å². The van der Waals surface area contributed by atoms with Gasteiger partial charge in [0.25, 0.3) is 5.56 Å². The molecule has 3 aromatic rings. The van der Waals surface area contributed by atoms with E-state index in [0.717, 1.165) is 36.0 Å². The van der Waals surface area contributed by atoms with E-state index in [1.54, 1.807) is 6.07 Å². The average molecular weight is 407 g/mol. The Bertz CT molecular complexity index is 1080. The molecule has 0 aliphatic heterocycles. The Morgan fingerprint density at radius 1 is 1.07 bits per heavy atom. The molecule has 158 valence electrons. The molecule has 0 aliphatic rings. The highest BCUT2D eigenvalue weighted by Crippen LogP contribution is 2.26. The number of hydrogen-bond donors (Lipinski definition) is 2. The molecule has 2 N–H and O–H groups in total. The lowest BCUT2D eigenvalue weighted by Gasteiger charge is -2.31. The van der Waals surface area contributed by atoms with Crippen LogP contribution in [0.2, 0.25) is 0 Å². The zero-order chi connectivity index (χ0) is 21.7. The fraction of sp³-hybridized carbons (Fsp3) is 0.375. The number of H-pyrrole nitrogens is 1. The molecule has 0 radical (unpaired) electrons. The van der Waals surface area contributed by atoms with Crippen LogP contribution in [0.3, 0.4) is 0 Å². The third kappa shape index (κ3) is 5.33. The van der Waals surface area contributed by atoms with Gasteiger partial charge in [-0.3, -0.25) is 9.59 Å². The van der Waals surface area contributed by atoms with Crippen molar-refractivity contribution in [2.24, 2.45) is 0 Å². The first-order valence-electron chi connectivity index (χ1n) is 10.3. The predicted octanol–water partition coefficient (Wildman–Crippen LogP) is 4.43. The van der Waals surface area contributed by atoms with Crippen molar-refractivity contribution >= 4 is 22.4 Å². The summed E-state index contributed by atoms with van der Waals surface area (Å²) in [7, 11) is 2.11. The molecule has 1 aromatic heterocycles. The Kier molecular flexibility index (Phi) is 6.67. The van der Waals surface area contributed by atoms with E-state index in [0.29, 0.717) is 17.5 Å². The third-order valence-corrected chi connectivity index (χ3v) is 5.41. The standard InChI is InChI=1S/C24H30N4O2/c1-24(2,3)28(4)15-8-7-14-21(29)25-18-11-9-10-17(16-18)22-19-12-5-6-13-20(19)23(30)27-26-22/h5-6,9-13,16H,7-8,14-15H2,1-4H3,(H,25,29)(H,27,30). The van der Waals surface area contributed by atoms with Crippen LogP contribution < -0.4 is 10.9 Å². The monoisotopic (exact) mass is 406 g/mol. The number of carbonyl (C=O) groups is 1. The van der Waals surface area contributed by atoms with E-state index < -0.39 is 0 Å². The zero-order valence-electron chi connectivity index (χ0n) is 18.2. The second-order valence-corrected chi connectivity index (χ2v) is 8.63. The lowest BCUT2D eigenvalue weighted by Crippen LogP contribution is -2.38. The van der Waals surface area contributed by atoms with Crippen molar-refractivity contribution in [3.05, 3.63) is 58.9 Å². The van der Waals surface area contributed by atoms with Crippen molar-refractivity contribution in [1.82, 2.24) is 15.1 Å². The maximum Gasteiger partial charge on any atom is 0.272 e. The van der Waals surface area contributed by atoms with Crippen molar-refractivity contribution < 1.29 is 4.79 Å². The molecular weight excluding hydrogens is 376 g/mol. The lowest BCUT2D eigenvalue weighted by molar-refractivity contribution is -0.116. The Morgan fingerprint density at radius 3 is 2.53 bits per heavy atom. The molecule has 6 nitrogen and oxygen atoms in total. The number of carbonyl (C=O) groups excluding carboxylic acids is 1. The Balaban J connectivity index is 1.65. The number of aromatic nitrogens is 2. The minimum Gasteiger partial charge on any atom is -0.326 e. The van der Waals surface area contributed by atoms with Crippen molar-refractivity contribution in [2.75, 3.05) is 18.9 Å². The van der Waals surface area contributed by atoms with Crippen LogP contribution in [0.5, 0.6) is 0 Å². The molecule has 0 aliphatic carbocycles. The first-order chi connectivity index (χ1) is 14.3. The Morgan fingerprint density at radius 2 is 1.80 bits per heavy atom. The number of anilines is 1. The van der Waals surface area contributed by atoms with E-state index in [-0.39, 0.29) is 17.0 Å². The highest BCUT2D eigenvalue weighted by molar-refractivity contribution is 5.95. The normalized spacial score (nSPS) is 11.8. The minimum atomic E-state index is -0.212. The summed E-state index contributed by atoms with van der Waals surface area (Å²) in [5.41, 5.74) is 2.18. The maximum atomic E-state index is 12.4. The van der Waals surface area contributed by atoms with Gasteiger partial charge in [-0.25, -0.2) is 5.10 Å². The quantitative estimate of drug-likeness (QED) is 0.569. The maximum absolute atomic E-state index is 12.4. The fourth-order valence-electron chi connectivity index (χ4n) is 3.27. The van der Waals surface area contributed by atoms with Gasteiger partial charge < -0.3 is 10.2 Å². The Labute approximate surface area is 177 Å². The van der Waals surface area contributed by atoms with Gasteiger partial charge >= 0.3 is 0 Å². The molecule has 0 unspecified atom stereocenters. The first-order valence-corrected chi connectivity index (χ1v) is 10.3. The van der Waals surface area contributed by atoms with Crippen LogP contribution >= 0.6 is 0 Å². The summed E-state index contributed by atoms with van der Waals surface area (Å²) >= 11 is 0. The van der Waals surface area contributed by atoms with Gasteiger partial charge in [0, 0.05) is 28.6 Å². The molecule has 1 heterocycles. The van der Waals surface area contributed by atoms with Crippen LogP contribution in [0.1, 0.15) is 40.0 Å². The van der Waals surface area contributed by atoms with Gasteiger partial charge in [-0.05, 0) is 65.4 Å². The van der Waals surface area contributed by atoms with Gasteiger partial charge in [-0.2, -0.15) is 5.10 Å². The van der Waals surface area contributed by atoms with E-state index in [9.17, 15) is 9.59 Å². The van der Waals surface area contributed by atoms with E-state index in [4.69, 9.17) is 0 Å². The smallest absolute Gasteiger partial charge is 0.272 e. The summed E-state index contributed by atoms with van der Waals surface area (Å²) in [6, 6.07) is 14.9. The van der Waals surface area contributed by atoms with Gasteiger partial charge in [0.05, 0.1) is 11.1 Å². The molecule has 0 spiro atoms. The average Bonchev–Trinajstić information content (AvgIpc) is 2.71. The molecule has 30 heavy (non-hydrogen) atoms. The van der Waals surface area contributed by atoms with Crippen molar-refractivity contribution in [3.63, 3.8) is 0 Å². The molecule has 1 amide bonds. The molecule has 2 aromatic carbocycles. The van der Waals surface area contributed by atoms with Crippen LogP contribution in [0.15, 0.2) is 53.3 Å². The van der Waals surface area contributed by atoms with Crippen molar-refractivity contribution in [2.45, 2.75) is 45.6 Å². The summed E-state index contributed by atoms with van der Waals surface area (Å²) in [6.07, 6.45) is 2.31. The number of nitrogens with one attached hydrogen (secondary N) is 2. The molecule has 3 rings (SSSR count). The molecule has 0 saturated carbocycles. The van der Waals surface area contributed by atoms with E-state index in [1.165, 1.54) is 0 Å². The third-order valence-electron chi connectivity index (χ3n) is 5.41. The SMILES string of the molecule is CN(CCCCC(=O)Nc1cccc(-c2n[nH]c(=O)c3ccccc23)c1)C(C)(C)C. The molecule has 0 bridgehead atoms. The number of fused-ring (bicyclic) bond motifs is 1. The number of rotatable bonds is 7. The minimum absolute atomic E-state index is 0.00449. The van der Waals surface area contributed by atoms with Gasteiger partial charge in [0.1, 0.15) is 0 Å². The second-order valence-electron chi connectivity index (χ2n) is 8.63. The summed E-state index contributed by atoms with van der Waals surface area (Å²) in [4.78, 5) is 26.7. The van der Waals surface area contributed by atoms with E-state index in [1.807, 2.05) is 42.5 Å². The number of benzene rings is 2. The summed E-state index contributed by atoms with van der Waals surface area (Å²) < 4.78 is 0.